The van der Waals surface area contributed by atoms with Gasteiger partial charge < -0.3 is 25.4 Å². The van der Waals surface area contributed by atoms with Crippen LogP contribution in [0, 0.1) is 11.8 Å². The van der Waals surface area contributed by atoms with E-state index in [9.17, 15) is 23.2 Å². The zero-order valence-electron chi connectivity index (χ0n) is 19.3. The maximum atomic E-state index is 13.0. The summed E-state index contributed by atoms with van der Waals surface area (Å²) < 4.78 is 35.8. The Morgan fingerprint density at radius 2 is 1.85 bits per heavy atom. The number of carbonyl (C=O) groups is 3. The van der Waals surface area contributed by atoms with Crippen LogP contribution < -0.4 is 20.7 Å². The molecule has 0 spiro atoms. The number of nitrogens with two attached hydrogens (primary N) is 1. The second kappa shape index (κ2) is 11.9. The molecule has 3 amide bonds. The third-order valence-electron chi connectivity index (χ3n) is 4.80. The molecule has 1 saturated heterocycles. The minimum atomic E-state index is -3.14. The molecule has 0 bridgehead atoms. The number of primary amides is 1. The number of ether oxygens (including phenoxy) is 2. The Morgan fingerprint density at radius 1 is 1.21 bits per heavy atom. The molecule has 11 heteroatoms. The second-order valence-corrected chi connectivity index (χ2v) is 8.69. The van der Waals surface area contributed by atoms with Crippen LogP contribution in [-0.2, 0) is 19.1 Å². The Balaban J connectivity index is 2.31. The van der Waals surface area contributed by atoms with Crippen molar-refractivity contribution in [2.24, 2.45) is 17.6 Å². The van der Waals surface area contributed by atoms with Crippen LogP contribution in [-0.4, -0.2) is 68.1 Å². The van der Waals surface area contributed by atoms with Gasteiger partial charge in [0, 0.05) is 31.4 Å². The average molecular weight is 471 g/mol. The Morgan fingerprint density at radius 3 is 2.36 bits per heavy atom. The van der Waals surface area contributed by atoms with Gasteiger partial charge in [0.1, 0.15) is 6.61 Å². The zero-order valence-corrected chi connectivity index (χ0v) is 19.3. The van der Waals surface area contributed by atoms with Gasteiger partial charge >= 0.3 is 6.61 Å². The van der Waals surface area contributed by atoms with E-state index in [0.29, 0.717) is 13.1 Å². The summed E-state index contributed by atoms with van der Waals surface area (Å²) in [5, 5.41) is 2.57. The number of nitrogens with zero attached hydrogens (tertiary/aromatic N) is 2. The maximum absolute atomic E-state index is 13.0. The molecule has 1 aromatic rings. The molecule has 2 rings (SSSR count). The predicted octanol–water partition coefficient (Wildman–Crippen LogP) is 2.06. The van der Waals surface area contributed by atoms with Gasteiger partial charge in [-0.2, -0.15) is 8.78 Å². The van der Waals surface area contributed by atoms with Gasteiger partial charge in [-0.1, -0.05) is 27.7 Å². The zero-order chi connectivity index (χ0) is 24.7. The molecule has 0 radical (unpaired) electrons. The maximum Gasteiger partial charge on any atom is 0.387 e. The smallest absolute Gasteiger partial charge is 0.387 e. The van der Waals surface area contributed by atoms with E-state index in [-0.39, 0.29) is 48.7 Å². The number of benzene rings is 1. The highest BCUT2D eigenvalue weighted by Crippen LogP contribution is 2.33. The minimum absolute atomic E-state index is 0.125. The van der Waals surface area contributed by atoms with E-state index in [1.807, 2.05) is 27.7 Å². The quantitative estimate of drug-likeness (QED) is 0.479. The molecule has 1 atom stereocenters. The highest BCUT2D eigenvalue weighted by atomic mass is 19.3. The van der Waals surface area contributed by atoms with Crippen molar-refractivity contribution in [1.29, 1.82) is 0 Å². The summed E-state index contributed by atoms with van der Waals surface area (Å²) in [6.45, 7) is 5.89. The fourth-order valence-corrected chi connectivity index (χ4v) is 3.69. The van der Waals surface area contributed by atoms with Crippen LogP contribution in [0.1, 0.15) is 27.7 Å². The molecule has 0 aromatic heterocycles. The molecule has 184 valence electrons. The molecular weight excluding hydrogens is 438 g/mol. The fourth-order valence-electron chi connectivity index (χ4n) is 3.69. The number of hydrogen-bond acceptors (Lipinski definition) is 6. The van der Waals surface area contributed by atoms with Crippen molar-refractivity contribution in [1.82, 2.24) is 4.90 Å². The fraction of sp³-hybridized carbons (Fsp3) is 0.591. The summed E-state index contributed by atoms with van der Waals surface area (Å²) >= 11 is 0. The molecule has 1 aliphatic heterocycles. The summed E-state index contributed by atoms with van der Waals surface area (Å²) in [6.07, 6.45) is 0. The van der Waals surface area contributed by atoms with Crippen LogP contribution in [0.3, 0.4) is 0 Å². The van der Waals surface area contributed by atoms with Gasteiger partial charge in [0.15, 0.2) is 11.8 Å². The van der Waals surface area contributed by atoms with E-state index < -0.39 is 30.4 Å². The highest BCUT2D eigenvalue weighted by Gasteiger charge is 2.32. The van der Waals surface area contributed by atoms with Crippen LogP contribution in [0.15, 0.2) is 18.2 Å². The lowest BCUT2D eigenvalue weighted by Gasteiger charge is -2.31. The van der Waals surface area contributed by atoms with Crippen LogP contribution in [0.2, 0.25) is 0 Å². The molecule has 1 aliphatic rings. The first-order chi connectivity index (χ1) is 15.5. The first-order valence-electron chi connectivity index (χ1n) is 10.8. The molecule has 1 heterocycles. The van der Waals surface area contributed by atoms with E-state index in [2.05, 4.69) is 10.1 Å². The van der Waals surface area contributed by atoms with Crippen molar-refractivity contribution in [3.8, 4) is 5.75 Å². The van der Waals surface area contributed by atoms with Gasteiger partial charge in [-0.3, -0.25) is 19.3 Å². The van der Waals surface area contributed by atoms with Gasteiger partial charge in [0.05, 0.1) is 12.3 Å². The Labute approximate surface area is 192 Å². The van der Waals surface area contributed by atoms with Crippen LogP contribution in [0.5, 0.6) is 5.75 Å². The third-order valence-corrected chi connectivity index (χ3v) is 4.80. The van der Waals surface area contributed by atoms with Gasteiger partial charge in [-0.25, -0.2) is 0 Å². The summed E-state index contributed by atoms with van der Waals surface area (Å²) in [5.74, 6) is -1.82. The van der Waals surface area contributed by atoms with E-state index in [1.165, 1.54) is 23.1 Å². The summed E-state index contributed by atoms with van der Waals surface area (Å²) in [5.41, 5.74) is 5.81. The molecule has 0 saturated carbocycles. The Hall–Kier alpha value is -2.79. The summed E-state index contributed by atoms with van der Waals surface area (Å²) in [7, 11) is 0. The van der Waals surface area contributed by atoms with E-state index in [0.717, 1.165) is 0 Å². The minimum Gasteiger partial charge on any atom is -0.433 e. The van der Waals surface area contributed by atoms with Gasteiger partial charge in [-0.15, -0.1) is 0 Å². The number of amides is 3. The molecule has 3 N–H and O–H groups in total. The van der Waals surface area contributed by atoms with Crippen molar-refractivity contribution in [2.45, 2.75) is 40.3 Å². The Bertz CT molecular complexity index is 840. The van der Waals surface area contributed by atoms with Crippen LogP contribution in [0.4, 0.5) is 20.2 Å². The molecular formula is C22H32F2N4O5. The second-order valence-electron chi connectivity index (χ2n) is 8.69. The van der Waals surface area contributed by atoms with Crippen molar-refractivity contribution in [3.05, 3.63) is 18.2 Å². The Kier molecular flexibility index (Phi) is 9.54. The molecule has 1 aromatic carbocycles. The molecule has 0 aliphatic carbocycles. The molecule has 1 fully saturated rings. The largest absolute Gasteiger partial charge is 0.433 e. The predicted molar refractivity (Wildman–Crippen MR) is 119 cm³/mol. The average Bonchev–Trinajstić information content (AvgIpc) is 2.67. The summed E-state index contributed by atoms with van der Waals surface area (Å²) in [4.78, 5) is 40.3. The number of rotatable bonds is 11. The first-order valence-corrected chi connectivity index (χ1v) is 10.8. The lowest BCUT2D eigenvalue weighted by atomic mass is 10.1. The SMILES string of the molecule is CC(C)CN(CC(C)C)[C@H](C(N)=O)C(=O)Nc1ccc(N2CCOCC2=O)c(OC(F)F)c1. The lowest BCUT2D eigenvalue weighted by molar-refractivity contribution is -0.133. The van der Waals surface area contributed by atoms with Gasteiger partial charge in [0.25, 0.3) is 11.8 Å². The van der Waals surface area contributed by atoms with E-state index in [1.54, 1.807) is 4.90 Å². The molecule has 9 nitrogen and oxygen atoms in total. The summed E-state index contributed by atoms with van der Waals surface area (Å²) in [6, 6.07) is 2.79. The topological polar surface area (TPSA) is 114 Å². The lowest BCUT2D eigenvalue weighted by Crippen LogP contribution is -2.54. The number of alkyl halides is 2. The number of nitrogens with one attached hydrogen (secondary N) is 1. The van der Waals surface area contributed by atoms with Gasteiger partial charge in [-0.05, 0) is 24.0 Å². The monoisotopic (exact) mass is 470 g/mol. The standard InChI is InChI=1S/C22H32F2N4O5/c1-13(2)10-27(11-14(3)4)19(20(25)30)21(31)26-15-5-6-16(17(9-15)33-22(23)24)28-7-8-32-12-18(28)29/h5-6,9,13-14,19,22H,7-8,10-12H2,1-4H3,(H2,25,30)(H,26,31)/t19-/m1/s1. The number of carbonyl (C=O) groups excluding carboxylic acids is 3. The first kappa shape index (κ1) is 26.5. The van der Waals surface area contributed by atoms with Crippen LogP contribution in [0.25, 0.3) is 0 Å². The van der Waals surface area contributed by atoms with Crippen molar-refractivity contribution in [2.75, 3.05) is 43.1 Å². The van der Waals surface area contributed by atoms with Crippen molar-refractivity contribution in [3.63, 3.8) is 0 Å². The van der Waals surface area contributed by atoms with Crippen molar-refractivity contribution >= 4 is 29.1 Å². The normalized spacial score (nSPS) is 15.5. The highest BCUT2D eigenvalue weighted by molar-refractivity contribution is 6.09. The number of morpholine rings is 1. The van der Waals surface area contributed by atoms with Gasteiger partial charge in [0.2, 0.25) is 5.91 Å². The molecule has 0 unspecified atom stereocenters. The van der Waals surface area contributed by atoms with E-state index in [4.69, 9.17) is 10.5 Å². The number of hydrogen-bond donors (Lipinski definition) is 2. The number of anilines is 2. The molecule has 33 heavy (non-hydrogen) atoms. The van der Waals surface area contributed by atoms with E-state index >= 15 is 0 Å². The third kappa shape index (κ3) is 7.64. The number of halogens is 2. The van der Waals surface area contributed by atoms with Crippen LogP contribution >= 0.6 is 0 Å². The van der Waals surface area contributed by atoms with Crippen molar-refractivity contribution < 1.29 is 32.6 Å².